The topological polar surface area (TPSA) is 83.5 Å². The Morgan fingerprint density at radius 2 is 1.90 bits per heavy atom. The van der Waals surface area contributed by atoms with E-state index >= 15 is 0 Å². The molecule has 0 spiro atoms. The summed E-state index contributed by atoms with van der Waals surface area (Å²) in [6.07, 6.45) is 5.33. The predicted molar refractivity (Wildman–Crippen MR) is 114 cm³/mol. The molecule has 0 aromatic heterocycles. The molecule has 0 bridgehead atoms. The molecule has 2 aliphatic heterocycles. The average Bonchev–Trinajstić information content (AvgIpc) is 2.73. The molecule has 0 aliphatic carbocycles. The first kappa shape index (κ1) is 25.3. The summed E-state index contributed by atoms with van der Waals surface area (Å²) < 4.78 is 26.9. The normalized spacial score (nSPS) is 20.9. The quantitative estimate of drug-likeness (QED) is 0.347. The molecule has 2 rings (SSSR count). The summed E-state index contributed by atoms with van der Waals surface area (Å²) in [5.74, 6) is 6.27. The van der Waals surface area contributed by atoms with Gasteiger partial charge in [0, 0.05) is 45.6 Å². The fraction of sp³-hybridized carbons (Fsp3) is 0.826. The van der Waals surface area contributed by atoms with E-state index in [1.165, 1.54) is 7.11 Å². The van der Waals surface area contributed by atoms with Crippen LogP contribution in [0.25, 0.3) is 0 Å². The van der Waals surface area contributed by atoms with Crippen LogP contribution in [0.15, 0.2) is 0 Å². The van der Waals surface area contributed by atoms with Crippen molar-refractivity contribution in [2.24, 2.45) is 0 Å². The van der Waals surface area contributed by atoms with Crippen molar-refractivity contribution in [3.05, 3.63) is 0 Å². The van der Waals surface area contributed by atoms with E-state index in [9.17, 15) is 9.59 Å². The van der Waals surface area contributed by atoms with Crippen molar-refractivity contribution in [2.75, 3.05) is 33.4 Å². The highest BCUT2D eigenvalue weighted by molar-refractivity contribution is 5.68. The summed E-state index contributed by atoms with van der Waals surface area (Å²) in [6, 6.07) is 0. The number of nitrogens with zero attached hydrogens (tertiary/aromatic N) is 1. The second-order valence-corrected chi connectivity index (χ2v) is 8.94. The first-order valence-corrected chi connectivity index (χ1v) is 11.2. The molecule has 0 radical (unpaired) electrons. The molecular weight excluding hydrogens is 402 g/mol. The number of likely N-dealkylation sites (tertiary alicyclic amines) is 1. The van der Waals surface area contributed by atoms with Crippen LogP contribution in [0.4, 0.5) is 9.59 Å². The van der Waals surface area contributed by atoms with Crippen LogP contribution in [-0.2, 0) is 23.7 Å². The van der Waals surface area contributed by atoms with Gasteiger partial charge in [-0.15, -0.1) is 0 Å². The maximum absolute atomic E-state index is 12.3. The van der Waals surface area contributed by atoms with E-state index in [0.29, 0.717) is 39.0 Å². The molecule has 2 aliphatic rings. The molecule has 2 heterocycles. The number of rotatable bonds is 6. The fourth-order valence-corrected chi connectivity index (χ4v) is 3.43. The lowest BCUT2D eigenvalue weighted by Crippen LogP contribution is -2.49. The van der Waals surface area contributed by atoms with E-state index < -0.39 is 17.4 Å². The molecule has 1 amide bonds. The van der Waals surface area contributed by atoms with Crippen LogP contribution in [0, 0.1) is 11.8 Å². The zero-order valence-corrected chi connectivity index (χ0v) is 19.4. The Morgan fingerprint density at radius 3 is 2.52 bits per heavy atom. The van der Waals surface area contributed by atoms with Gasteiger partial charge in [0.2, 0.25) is 0 Å². The van der Waals surface area contributed by atoms with Gasteiger partial charge in [0.15, 0.2) is 11.9 Å². The highest BCUT2D eigenvalue weighted by atomic mass is 16.7. The van der Waals surface area contributed by atoms with Crippen molar-refractivity contribution in [1.82, 2.24) is 4.90 Å². The SMILES string of the molecule is COC(=O)OC1(C#CCCCCOC2CCCCO2)CCN(C(=O)OC(C)(C)C)CC1. The molecule has 0 N–H and O–H groups in total. The van der Waals surface area contributed by atoms with Gasteiger partial charge in [-0.1, -0.05) is 11.8 Å². The second-order valence-electron chi connectivity index (χ2n) is 8.94. The molecule has 2 fully saturated rings. The molecular formula is C23H37NO7. The lowest BCUT2D eigenvalue weighted by molar-refractivity contribution is -0.162. The molecule has 8 heteroatoms. The van der Waals surface area contributed by atoms with Crippen molar-refractivity contribution in [3.63, 3.8) is 0 Å². The first-order valence-electron chi connectivity index (χ1n) is 11.2. The van der Waals surface area contributed by atoms with E-state index in [-0.39, 0.29) is 12.4 Å². The Hall–Kier alpha value is -1.98. The molecule has 2 saturated heterocycles. The fourth-order valence-electron chi connectivity index (χ4n) is 3.43. The van der Waals surface area contributed by atoms with Gasteiger partial charge in [-0.2, -0.15) is 0 Å². The number of unbranched alkanes of at least 4 members (excludes halogenated alkanes) is 2. The van der Waals surface area contributed by atoms with Crippen molar-refractivity contribution >= 4 is 12.2 Å². The van der Waals surface area contributed by atoms with Crippen molar-refractivity contribution in [3.8, 4) is 11.8 Å². The van der Waals surface area contributed by atoms with Gasteiger partial charge in [0.05, 0.1) is 7.11 Å². The Morgan fingerprint density at radius 1 is 1.16 bits per heavy atom. The Bertz CT molecular complexity index is 633. The summed E-state index contributed by atoms with van der Waals surface area (Å²) >= 11 is 0. The van der Waals surface area contributed by atoms with Crippen LogP contribution in [0.2, 0.25) is 0 Å². The van der Waals surface area contributed by atoms with Gasteiger partial charge in [-0.05, 0) is 52.9 Å². The third-order valence-electron chi connectivity index (χ3n) is 5.12. The maximum atomic E-state index is 12.3. The number of ether oxygens (including phenoxy) is 5. The third kappa shape index (κ3) is 9.36. The van der Waals surface area contributed by atoms with Gasteiger partial charge in [0.25, 0.3) is 0 Å². The number of hydrogen-bond acceptors (Lipinski definition) is 7. The van der Waals surface area contributed by atoms with Gasteiger partial charge >= 0.3 is 12.2 Å². The predicted octanol–water partition coefficient (Wildman–Crippen LogP) is 4.26. The van der Waals surface area contributed by atoms with E-state index in [1.807, 2.05) is 20.8 Å². The summed E-state index contributed by atoms with van der Waals surface area (Å²) in [5, 5.41) is 0. The number of piperidine rings is 1. The molecule has 176 valence electrons. The van der Waals surface area contributed by atoms with Gasteiger partial charge in [-0.25, -0.2) is 9.59 Å². The second kappa shape index (κ2) is 12.2. The zero-order chi connectivity index (χ0) is 22.7. The summed E-state index contributed by atoms with van der Waals surface area (Å²) in [7, 11) is 1.27. The number of amides is 1. The average molecular weight is 440 g/mol. The molecule has 0 aromatic rings. The standard InChI is InChI=1S/C23H37NO7/c1-22(2,3)30-20(25)24-15-13-23(14-16-24,31-21(26)27-4)12-8-5-6-9-17-28-19-11-7-10-18-29-19/h19H,5-7,9-11,13-18H2,1-4H3. The molecule has 8 nitrogen and oxygen atoms in total. The van der Waals surface area contributed by atoms with Crippen LogP contribution >= 0.6 is 0 Å². The van der Waals surface area contributed by atoms with E-state index in [0.717, 1.165) is 38.7 Å². The van der Waals surface area contributed by atoms with Gasteiger partial charge in [0.1, 0.15) is 5.60 Å². The Labute approximate surface area is 185 Å². The minimum absolute atomic E-state index is 0.0632. The van der Waals surface area contributed by atoms with E-state index in [4.69, 9.17) is 18.9 Å². The van der Waals surface area contributed by atoms with Gasteiger partial charge in [-0.3, -0.25) is 0 Å². The Balaban J connectivity index is 1.80. The van der Waals surface area contributed by atoms with Crippen molar-refractivity contribution in [2.45, 2.75) is 89.6 Å². The number of methoxy groups -OCH3 is 1. The highest BCUT2D eigenvalue weighted by Crippen LogP contribution is 2.27. The van der Waals surface area contributed by atoms with Crippen LogP contribution in [0.5, 0.6) is 0 Å². The van der Waals surface area contributed by atoms with Gasteiger partial charge < -0.3 is 28.6 Å². The molecule has 1 atom stereocenters. The summed E-state index contributed by atoms with van der Waals surface area (Å²) in [4.78, 5) is 25.7. The summed E-state index contributed by atoms with van der Waals surface area (Å²) in [5.41, 5.74) is -1.50. The van der Waals surface area contributed by atoms with Crippen LogP contribution < -0.4 is 0 Å². The largest absolute Gasteiger partial charge is 0.509 e. The van der Waals surface area contributed by atoms with Crippen LogP contribution in [0.1, 0.15) is 72.1 Å². The van der Waals surface area contributed by atoms with Crippen LogP contribution in [0.3, 0.4) is 0 Å². The molecule has 0 aromatic carbocycles. The number of carbonyl (C=O) groups is 2. The minimum atomic E-state index is -0.946. The highest BCUT2D eigenvalue weighted by Gasteiger charge is 2.39. The molecule has 31 heavy (non-hydrogen) atoms. The lowest BCUT2D eigenvalue weighted by Gasteiger charge is -2.37. The smallest absolute Gasteiger partial charge is 0.444 e. The lowest BCUT2D eigenvalue weighted by atomic mass is 9.91. The molecule has 1 unspecified atom stereocenters. The Kier molecular flexibility index (Phi) is 9.92. The van der Waals surface area contributed by atoms with E-state index in [2.05, 4.69) is 16.6 Å². The minimum Gasteiger partial charge on any atom is -0.444 e. The maximum Gasteiger partial charge on any atom is 0.509 e. The number of carbonyl (C=O) groups excluding carboxylic acids is 2. The van der Waals surface area contributed by atoms with Crippen molar-refractivity contribution in [1.29, 1.82) is 0 Å². The monoisotopic (exact) mass is 439 g/mol. The molecule has 0 saturated carbocycles. The number of hydrogen-bond donors (Lipinski definition) is 0. The summed E-state index contributed by atoms with van der Waals surface area (Å²) in [6.45, 7) is 7.73. The first-order chi connectivity index (χ1) is 14.7. The third-order valence-corrected chi connectivity index (χ3v) is 5.12. The van der Waals surface area contributed by atoms with E-state index in [1.54, 1.807) is 4.90 Å². The van der Waals surface area contributed by atoms with Crippen LogP contribution in [-0.4, -0.2) is 68.1 Å². The zero-order valence-electron chi connectivity index (χ0n) is 19.4. The van der Waals surface area contributed by atoms with Crippen molar-refractivity contribution < 1.29 is 33.3 Å².